The minimum absolute atomic E-state index is 0.0867. The van der Waals surface area contributed by atoms with Gasteiger partial charge in [0.25, 0.3) is 0 Å². The molecule has 0 unspecified atom stereocenters. The number of aromatic nitrogens is 3. The molecule has 0 aliphatic rings. The molecule has 0 amide bonds. The molecular weight excluding hydrogens is 364 g/mol. The van der Waals surface area contributed by atoms with Crippen molar-refractivity contribution in [1.29, 1.82) is 0 Å². The van der Waals surface area contributed by atoms with Gasteiger partial charge in [0.1, 0.15) is 6.33 Å². The van der Waals surface area contributed by atoms with Gasteiger partial charge in [-0.05, 0) is 31.2 Å². The molecule has 134 valence electrons. The highest BCUT2D eigenvalue weighted by molar-refractivity contribution is 7.22. The first kappa shape index (κ1) is 16.9. The van der Waals surface area contributed by atoms with Crippen LogP contribution in [-0.2, 0) is 0 Å². The van der Waals surface area contributed by atoms with Gasteiger partial charge in [0.05, 0.1) is 15.1 Å². The molecule has 8 nitrogen and oxygen atoms in total. The number of nitrogens with one attached hydrogen (secondary N) is 2. The molecule has 9 heteroatoms. The van der Waals surface area contributed by atoms with Gasteiger partial charge in [0, 0.05) is 5.69 Å². The average Bonchev–Trinajstić information content (AvgIpc) is 3.06. The SMILES string of the molecule is Cc1ccc(Nc2ncnc(Nc3nc4ccccc4s3)c2[N+](=O)[O-])cc1. The van der Waals surface area contributed by atoms with E-state index in [4.69, 9.17) is 0 Å². The molecule has 0 radical (unpaired) electrons. The molecule has 0 fully saturated rings. The molecule has 0 spiro atoms. The number of benzene rings is 2. The van der Waals surface area contributed by atoms with Crippen molar-refractivity contribution in [2.24, 2.45) is 0 Å². The van der Waals surface area contributed by atoms with Crippen molar-refractivity contribution in [2.75, 3.05) is 10.6 Å². The highest BCUT2D eigenvalue weighted by Gasteiger charge is 2.24. The van der Waals surface area contributed by atoms with Gasteiger partial charge in [0.2, 0.25) is 11.6 Å². The molecule has 4 rings (SSSR count). The minimum Gasteiger partial charge on any atom is -0.334 e. The first-order valence-corrected chi connectivity index (χ1v) is 8.87. The summed E-state index contributed by atoms with van der Waals surface area (Å²) < 4.78 is 0.981. The topological polar surface area (TPSA) is 106 Å². The van der Waals surface area contributed by atoms with Gasteiger partial charge in [0.15, 0.2) is 5.13 Å². The number of para-hydroxylation sites is 1. The molecule has 2 aromatic heterocycles. The summed E-state index contributed by atoms with van der Waals surface area (Å²) in [6, 6.07) is 15.1. The van der Waals surface area contributed by atoms with E-state index in [2.05, 4.69) is 25.6 Å². The van der Waals surface area contributed by atoms with Crippen LogP contribution in [0.1, 0.15) is 5.56 Å². The van der Waals surface area contributed by atoms with Crippen LogP contribution in [-0.4, -0.2) is 19.9 Å². The maximum Gasteiger partial charge on any atom is 0.353 e. The van der Waals surface area contributed by atoms with Gasteiger partial charge in [-0.1, -0.05) is 41.2 Å². The van der Waals surface area contributed by atoms with Crippen LogP contribution in [0.4, 0.5) is 28.1 Å². The monoisotopic (exact) mass is 378 g/mol. The third-order valence-corrected chi connectivity index (χ3v) is 4.79. The van der Waals surface area contributed by atoms with Crippen LogP contribution < -0.4 is 10.6 Å². The van der Waals surface area contributed by atoms with Crippen LogP contribution in [0.5, 0.6) is 0 Å². The summed E-state index contributed by atoms with van der Waals surface area (Å²) in [5.41, 5.74) is 2.38. The smallest absolute Gasteiger partial charge is 0.334 e. The molecule has 27 heavy (non-hydrogen) atoms. The van der Waals surface area contributed by atoms with Crippen LogP contribution in [0.2, 0.25) is 0 Å². The van der Waals surface area contributed by atoms with E-state index in [0.29, 0.717) is 10.8 Å². The highest BCUT2D eigenvalue weighted by Crippen LogP contribution is 2.35. The molecule has 0 saturated heterocycles. The number of hydrogen-bond acceptors (Lipinski definition) is 8. The standard InChI is InChI=1S/C18H14N6O2S/c1-11-6-8-12(9-7-11)21-16-15(24(25)26)17(20-10-19-16)23-18-22-13-4-2-3-5-14(13)27-18/h2-10H,1H3,(H2,19,20,21,22,23). The molecule has 2 N–H and O–H groups in total. The van der Waals surface area contributed by atoms with E-state index in [1.54, 1.807) is 0 Å². The van der Waals surface area contributed by atoms with E-state index in [1.165, 1.54) is 17.7 Å². The number of aryl methyl sites for hydroxylation is 1. The lowest BCUT2D eigenvalue weighted by molar-refractivity contribution is -0.383. The van der Waals surface area contributed by atoms with Crippen molar-refractivity contribution in [3.8, 4) is 0 Å². The number of nitro groups is 1. The van der Waals surface area contributed by atoms with E-state index in [0.717, 1.165) is 15.8 Å². The number of thiazole rings is 1. The first-order valence-electron chi connectivity index (χ1n) is 8.06. The van der Waals surface area contributed by atoms with E-state index in [9.17, 15) is 10.1 Å². The Morgan fingerprint density at radius 3 is 2.41 bits per heavy atom. The zero-order chi connectivity index (χ0) is 18.8. The van der Waals surface area contributed by atoms with Crippen LogP contribution in [0, 0.1) is 17.0 Å². The third-order valence-electron chi connectivity index (χ3n) is 3.84. The second-order valence-electron chi connectivity index (χ2n) is 5.78. The number of anilines is 4. The van der Waals surface area contributed by atoms with Crippen LogP contribution in [0.15, 0.2) is 54.9 Å². The summed E-state index contributed by atoms with van der Waals surface area (Å²) in [4.78, 5) is 23.7. The molecule has 0 atom stereocenters. The predicted octanol–water partition coefficient (Wildman–Crippen LogP) is 4.79. The average molecular weight is 378 g/mol. The second kappa shape index (κ2) is 6.96. The Morgan fingerprint density at radius 2 is 1.70 bits per heavy atom. The van der Waals surface area contributed by atoms with Gasteiger partial charge in [-0.25, -0.2) is 15.0 Å². The number of rotatable bonds is 5. The van der Waals surface area contributed by atoms with E-state index in [-0.39, 0.29) is 17.3 Å². The normalized spacial score (nSPS) is 10.7. The van der Waals surface area contributed by atoms with Crippen molar-refractivity contribution >= 4 is 49.7 Å². The Hall–Kier alpha value is -3.59. The molecule has 4 aromatic rings. The van der Waals surface area contributed by atoms with Gasteiger partial charge >= 0.3 is 5.69 Å². The fraction of sp³-hybridized carbons (Fsp3) is 0.0556. The zero-order valence-corrected chi connectivity index (χ0v) is 15.0. The Labute approximate surface area is 158 Å². The molecule has 0 bridgehead atoms. The lowest BCUT2D eigenvalue weighted by atomic mass is 10.2. The van der Waals surface area contributed by atoms with Gasteiger partial charge < -0.3 is 10.6 Å². The van der Waals surface area contributed by atoms with E-state index >= 15 is 0 Å². The summed E-state index contributed by atoms with van der Waals surface area (Å²) in [5.74, 6) is 0.200. The Balaban J connectivity index is 1.69. The van der Waals surface area contributed by atoms with Crippen molar-refractivity contribution < 1.29 is 4.92 Å². The van der Waals surface area contributed by atoms with Crippen molar-refractivity contribution in [2.45, 2.75) is 6.92 Å². The number of hydrogen-bond donors (Lipinski definition) is 2. The summed E-state index contributed by atoms with van der Waals surface area (Å²) in [5, 5.41) is 18.1. The van der Waals surface area contributed by atoms with Crippen molar-refractivity contribution in [1.82, 2.24) is 15.0 Å². The maximum absolute atomic E-state index is 11.7. The Kier molecular flexibility index (Phi) is 4.35. The molecular formula is C18H14N6O2S. The summed E-state index contributed by atoms with van der Waals surface area (Å²) in [6.45, 7) is 1.97. The first-order chi connectivity index (χ1) is 13.1. The molecule has 0 aliphatic heterocycles. The van der Waals surface area contributed by atoms with Crippen molar-refractivity contribution in [3.05, 3.63) is 70.5 Å². The van der Waals surface area contributed by atoms with Crippen LogP contribution in [0.3, 0.4) is 0 Å². The van der Waals surface area contributed by atoms with E-state index in [1.807, 2.05) is 55.5 Å². The van der Waals surface area contributed by atoms with Crippen molar-refractivity contribution in [3.63, 3.8) is 0 Å². The Bertz CT molecular complexity index is 1090. The fourth-order valence-corrected chi connectivity index (χ4v) is 3.40. The number of nitrogens with zero attached hydrogens (tertiary/aromatic N) is 4. The second-order valence-corrected chi connectivity index (χ2v) is 6.81. The highest BCUT2D eigenvalue weighted by atomic mass is 32.1. The molecule has 0 aliphatic carbocycles. The largest absolute Gasteiger partial charge is 0.353 e. The molecule has 0 saturated carbocycles. The quantitative estimate of drug-likeness (QED) is 0.380. The fourth-order valence-electron chi connectivity index (χ4n) is 2.54. The van der Waals surface area contributed by atoms with E-state index < -0.39 is 4.92 Å². The zero-order valence-electron chi connectivity index (χ0n) is 14.2. The lowest BCUT2D eigenvalue weighted by Gasteiger charge is -2.09. The Morgan fingerprint density at radius 1 is 1.00 bits per heavy atom. The van der Waals surface area contributed by atoms with Gasteiger partial charge in [-0.2, -0.15) is 0 Å². The number of fused-ring (bicyclic) bond motifs is 1. The summed E-state index contributed by atoms with van der Waals surface area (Å²) in [6.07, 6.45) is 1.28. The minimum atomic E-state index is -0.508. The lowest BCUT2D eigenvalue weighted by Crippen LogP contribution is -2.05. The summed E-state index contributed by atoms with van der Waals surface area (Å²) >= 11 is 1.40. The molecule has 2 heterocycles. The third kappa shape index (κ3) is 3.53. The van der Waals surface area contributed by atoms with Crippen LogP contribution in [0.25, 0.3) is 10.2 Å². The predicted molar refractivity (Wildman–Crippen MR) is 106 cm³/mol. The summed E-state index contributed by atoms with van der Waals surface area (Å²) in [7, 11) is 0. The van der Waals surface area contributed by atoms with Gasteiger partial charge in [-0.3, -0.25) is 10.1 Å². The van der Waals surface area contributed by atoms with Gasteiger partial charge in [-0.15, -0.1) is 0 Å². The van der Waals surface area contributed by atoms with Crippen LogP contribution >= 0.6 is 11.3 Å². The molecule has 2 aromatic carbocycles. The maximum atomic E-state index is 11.7.